The van der Waals surface area contributed by atoms with E-state index < -0.39 is 23.7 Å². The van der Waals surface area contributed by atoms with Crippen molar-refractivity contribution in [3.8, 4) is 0 Å². The molecule has 104 valence electrons. The second-order valence-corrected chi connectivity index (χ2v) is 5.69. The number of piperidine rings is 1. The van der Waals surface area contributed by atoms with Crippen LogP contribution < -0.4 is 5.73 Å². The minimum atomic E-state index is -1.02. The van der Waals surface area contributed by atoms with Crippen molar-refractivity contribution in [1.29, 1.82) is 0 Å². The summed E-state index contributed by atoms with van der Waals surface area (Å²) in [6.45, 7) is 6.35. The Balaban J connectivity index is 2.58. The van der Waals surface area contributed by atoms with Crippen LogP contribution in [0.2, 0.25) is 0 Å². The highest BCUT2D eigenvalue weighted by Crippen LogP contribution is 2.21. The number of nitrogens with two attached hydrogens (primary N) is 1. The van der Waals surface area contributed by atoms with Gasteiger partial charge in [0, 0.05) is 19.0 Å². The lowest BCUT2D eigenvalue weighted by molar-refractivity contribution is -0.140. The first-order chi connectivity index (χ1) is 8.20. The number of carbonyl (C=O) groups excluding carboxylic acids is 1. The molecule has 0 spiro atoms. The molecule has 0 saturated carbocycles. The van der Waals surface area contributed by atoms with Crippen molar-refractivity contribution in [3.63, 3.8) is 0 Å². The van der Waals surface area contributed by atoms with Crippen LogP contribution >= 0.6 is 0 Å². The molecule has 1 amide bonds. The SMILES string of the molecule is CC(C)(C)OC(=O)N1CCC[C@H]([C@H](N)C(=O)O)C1. The highest BCUT2D eigenvalue weighted by molar-refractivity contribution is 5.74. The summed E-state index contributed by atoms with van der Waals surface area (Å²) >= 11 is 0. The third-order valence-corrected chi connectivity index (χ3v) is 2.90. The summed E-state index contributed by atoms with van der Waals surface area (Å²) in [5, 5.41) is 8.89. The average Bonchev–Trinajstić information content (AvgIpc) is 2.25. The molecule has 0 aromatic heterocycles. The summed E-state index contributed by atoms with van der Waals surface area (Å²) in [6, 6.07) is -0.921. The van der Waals surface area contributed by atoms with Gasteiger partial charge in [0.05, 0.1) is 0 Å². The fourth-order valence-corrected chi connectivity index (χ4v) is 2.00. The number of carboxylic acids is 1. The van der Waals surface area contributed by atoms with E-state index in [1.54, 1.807) is 25.7 Å². The predicted molar refractivity (Wildman–Crippen MR) is 66.1 cm³/mol. The molecule has 3 N–H and O–H groups in total. The van der Waals surface area contributed by atoms with Crippen molar-refractivity contribution in [1.82, 2.24) is 4.90 Å². The van der Waals surface area contributed by atoms with E-state index in [0.717, 1.165) is 12.8 Å². The molecule has 1 fully saturated rings. The summed E-state index contributed by atoms with van der Waals surface area (Å²) < 4.78 is 5.26. The number of amides is 1. The van der Waals surface area contributed by atoms with Crippen LogP contribution in [0.3, 0.4) is 0 Å². The number of ether oxygens (including phenoxy) is 1. The molecule has 2 atom stereocenters. The van der Waals surface area contributed by atoms with Gasteiger partial charge in [-0.3, -0.25) is 4.79 Å². The zero-order valence-corrected chi connectivity index (χ0v) is 11.2. The third-order valence-electron chi connectivity index (χ3n) is 2.90. The zero-order valence-electron chi connectivity index (χ0n) is 11.2. The van der Waals surface area contributed by atoms with Gasteiger partial charge in [-0.05, 0) is 33.6 Å². The number of rotatable bonds is 2. The molecular weight excluding hydrogens is 236 g/mol. The monoisotopic (exact) mass is 258 g/mol. The van der Waals surface area contributed by atoms with Gasteiger partial charge in [0.2, 0.25) is 0 Å². The van der Waals surface area contributed by atoms with Crippen LogP contribution in [0.25, 0.3) is 0 Å². The van der Waals surface area contributed by atoms with E-state index in [2.05, 4.69) is 0 Å². The van der Waals surface area contributed by atoms with Crippen molar-refractivity contribution < 1.29 is 19.4 Å². The van der Waals surface area contributed by atoms with E-state index in [1.165, 1.54) is 0 Å². The Hall–Kier alpha value is -1.30. The number of hydrogen-bond acceptors (Lipinski definition) is 4. The molecule has 0 unspecified atom stereocenters. The summed E-state index contributed by atoms with van der Waals surface area (Å²) in [5.74, 6) is -1.23. The number of likely N-dealkylation sites (tertiary alicyclic amines) is 1. The Morgan fingerprint density at radius 1 is 1.44 bits per heavy atom. The molecule has 0 bridgehead atoms. The summed E-state index contributed by atoms with van der Waals surface area (Å²) in [7, 11) is 0. The second-order valence-electron chi connectivity index (χ2n) is 5.69. The van der Waals surface area contributed by atoms with Crippen LogP contribution in [0, 0.1) is 5.92 Å². The number of carboxylic acid groups (broad SMARTS) is 1. The topological polar surface area (TPSA) is 92.9 Å². The molecule has 0 aromatic rings. The molecule has 1 aliphatic heterocycles. The molecular formula is C12H22N2O4. The van der Waals surface area contributed by atoms with Gasteiger partial charge in [0.15, 0.2) is 0 Å². The fraction of sp³-hybridized carbons (Fsp3) is 0.833. The van der Waals surface area contributed by atoms with Crippen LogP contribution in [0.4, 0.5) is 4.79 Å². The Morgan fingerprint density at radius 2 is 2.06 bits per heavy atom. The van der Waals surface area contributed by atoms with Crippen LogP contribution in [-0.2, 0) is 9.53 Å². The molecule has 6 heteroatoms. The standard InChI is InChI=1S/C12H22N2O4/c1-12(2,3)18-11(17)14-6-4-5-8(7-14)9(13)10(15)16/h8-9H,4-7,13H2,1-3H3,(H,15,16)/t8-,9-/m0/s1. The number of aliphatic carboxylic acids is 1. The molecule has 1 heterocycles. The lowest BCUT2D eigenvalue weighted by atomic mass is 9.91. The Bertz CT molecular complexity index is 325. The van der Waals surface area contributed by atoms with Crippen LogP contribution in [0.15, 0.2) is 0 Å². The first kappa shape index (κ1) is 14.8. The van der Waals surface area contributed by atoms with Crippen molar-refractivity contribution in [2.45, 2.75) is 45.3 Å². The summed E-state index contributed by atoms with van der Waals surface area (Å²) in [5.41, 5.74) is 5.06. The smallest absolute Gasteiger partial charge is 0.410 e. The normalized spacial score (nSPS) is 22.4. The molecule has 0 radical (unpaired) electrons. The highest BCUT2D eigenvalue weighted by Gasteiger charge is 2.32. The summed E-state index contributed by atoms with van der Waals surface area (Å²) in [6.07, 6.45) is 1.09. The third kappa shape index (κ3) is 4.18. The minimum Gasteiger partial charge on any atom is -0.480 e. The van der Waals surface area contributed by atoms with Gasteiger partial charge < -0.3 is 20.5 Å². The largest absolute Gasteiger partial charge is 0.480 e. The van der Waals surface area contributed by atoms with Gasteiger partial charge in [-0.15, -0.1) is 0 Å². The number of nitrogens with zero attached hydrogens (tertiary/aromatic N) is 1. The van der Waals surface area contributed by atoms with Gasteiger partial charge in [0.25, 0.3) is 0 Å². The molecule has 1 rings (SSSR count). The first-order valence-electron chi connectivity index (χ1n) is 6.17. The van der Waals surface area contributed by atoms with Crippen molar-refractivity contribution in [3.05, 3.63) is 0 Å². The van der Waals surface area contributed by atoms with E-state index in [-0.39, 0.29) is 5.92 Å². The number of hydrogen-bond donors (Lipinski definition) is 2. The molecule has 1 saturated heterocycles. The quantitative estimate of drug-likeness (QED) is 0.772. The van der Waals surface area contributed by atoms with Gasteiger partial charge in [-0.1, -0.05) is 0 Å². The highest BCUT2D eigenvalue weighted by atomic mass is 16.6. The zero-order chi connectivity index (χ0) is 13.9. The van der Waals surface area contributed by atoms with E-state index >= 15 is 0 Å². The second kappa shape index (κ2) is 5.56. The molecule has 18 heavy (non-hydrogen) atoms. The number of carbonyl (C=O) groups is 2. The Morgan fingerprint density at radius 3 is 2.56 bits per heavy atom. The maximum atomic E-state index is 11.9. The Labute approximate surface area is 107 Å². The first-order valence-corrected chi connectivity index (χ1v) is 6.17. The van der Waals surface area contributed by atoms with Crippen LogP contribution in [0.5, 0.6) is 0 Å². The van der Waals surface area contributed by atoms with Crippen molar-refractivity contribution >= 4 is 12.1 Å². The minimum absolute atomic E-state index is 0.205. The lowest BCUT2D eigenvalue weighted by Crippen LogP contribution is -2.49. The van der Waals surface area contributed by atoms with Crippen LogP contribution in [0.1, 0.15) is 33.6 Å². The van der Waals surface area contributed by atoms with E-state index in [0.29, 0.717) is 13.1 Å². The lowest BCUT2D eigenvalue weighted by Gasteiger charge is -2.35. The Kier molecular flexibility index (Phi) is 4.56. The maximum absolute atomic E-state index is 11.9. The van der Waals surface area contributed by atoms with Gasteiger partial charge in [-0.25, -0.2) is 4.79 Å². The van der Waals surface area contributed by atoms with Gasteiger partial charge >= 0.3 is 12.1 Å². The predicted octanol–water partition coefficient (Wildman–Crippen LogP) is 1.05. The van der Waals surface area contributed by atoms with Crippen LogP contribution in [-0.4, -0.2) is 46.8 Å². The molecule has 0 aromatic carbocycles. The van der Waals surface area contributed by atoms with Crippen molar-refractivity contribution in [2.24, 2.45) is 11.7 Å². The fourth-order valence-electron chi connectivity index (χ4n) is 2.00. The van der Waals surface area contributed by atoms with E-state index in [1.807, 2.05) is 0 Å². The van der Waals surface area contributed by atoms with E-state index in [4.69, 9.17) is 15.6 Å². The molecule has 0 aliphatic carbocycles. The van der Waals surface area contributed by atoms with E-state index in [9.17, 15) is 9.59 Å². The van der Waals surface area contributed by atoms with Gasteiger partial charge in [0.1, 0.15) is 11.6 Å². The molecule has 6 nitrogen and oxygen atoms in total. The van der Waals surface area contributed by atoms with Gasteiger partial charge in [-0.2, -0.15) is 0 Å². The van der Waals surface area contributed by atoms with Crippen molar-refractivity contribution in [2.75, 3.05) is 13.1 Å². The summed E-state index contributed by atoms with van der Waals surface area (Å²) in [4.78, 5) is 24.3. The molecule has 1 aliphatic rings. The maximum Gasteiger partial charge on any atom is 0.410 e. The average molecular weight is 258 g/mol.